The lowest BCUT2D eigenvalue weighted by atomic mass is 9.91. The van der Waals surface area contributed by atoms with E-state index in [1.54, 1.807) is 0 Å². The van der Waals surface area contributed by atoms with Crippen molar-refractivity contribution < 1.29 is 0 Å². The van der Waals surface area contributed by atoms with Gasteiger partial charge < -0.3 is 5.32 Å². The molecule has 3 heteroatoms. The molecule has 2 unspecified atom stereocenters. The van der Waals surface area contributed by atoms with Crippen LogP contribution in [0.2, 0.25) is 0 Å². The molecule has 0 saturated carbocycles. The van der Waals surface area contributed by atoms with Crippen LogP contribution in [0.25, 0.3) is 0 Å². The van der Waals surface area contributed by atoms with Gasteiger partial charge in [0.1, 0.15) is 0 Å². The molecule has 3 nitrogen and oxygen atoms in total. The SMILES string of the molecule is CCNCC(C)C(C)Cc1ccn(C(C)C)n1. The van der Waals surface area contributed by atoms with E-state index in [1.165, 1.54) is 5.69 Å². The van der Waals surface area contributed by atoms with Crippen molar-refractivity contribution in [3.05, 3.63) is 18.0 Å². The average molecular weight is 237 g/mol. The highest BCUT2D eigenvalue weighted by Gasteiger charge is 2.14. The van der Waals surface area contributed by atoms with E-state index in [-0.39, 0.29) is 0 Å². The van der Waals surface area contributed by atoms with Gasteiger partial charge in [-0.1, -0.05) is 20.8 Å². The summed E-state index contributed by atoms with van der Waals surface area (Å²) in [6, 6.07) is 2.61. The molecule has 1 aromatic rings. The lowest BCUT2D eigenvalue weighted by Gasteiger charge is -2.19. The van der Waals surface area contributed by atoms with Gasteiger partial charge in [0.2, 0.25) is 0 Å². The van der Waals surface area contributed by atoms with Gasteiger partial charge in [0.25, 0.3) is 0 Å². The van der Waals surface area contributed by atoms with E-state index in [4.69, 9.17) is 0 Å². The van der Waals surface area contributed by atoms with Crippen LogP contribution >= 0.6 is 0 Å². The lowest BCUT2D eigenvalue weighted by Crippen LogP contribution is -2.26. The van der Waals surface area contributed by atoms with Crippen molar-refractivity contribution in [3.8, 4) is 0 Å². The minimum Gasteiger partial charge on any atom is -0.317 e. The van der Waals surface area contributed by atoms with E-state index < -0.39 is 0 Å². The van der Waals surface area contributed by atoms with E-state index >= 15 is 0 Å². The first kappa shape index (κ1) is 14.2. The minimum atomic E-state index is 0.457. The van der Waals surface area contributed by atoms with Crippen LogP contribution in [0.4, 0.5) is 0 Å². The molecule has 1 N–H and O–H groups in total. The lowest BCUT2D eigenvalue weighted by molar-refractivity contribution is 0.363. The Labute approximate surface area is 106 Å². The summed E-state index contributed by atoms with van der Waals surface area (Å²) in [6.45, 7) is 13.3. The molecule has 0 saturated heterocycles. The van der Waals surface area contributed by atoms with Crippen molar-refractivity contribution in [1.29, 1.82) is 0 Å². The normalized spacial score (nSPS) is 15.2. The second-order valence-corrected chi connectivity index (χ2v) is 5.35. The zero-order valence-electron chi connectivity index (χ0n) is 11.9. The van der Waals surface area contributed by atoms with Crippen molar-refractivity contribution >= 4 is 0 Å². The van der Waals surface area contributed by atoms with Crippen molar-refractivity contribution in [3.63, 3.8) is 0 Å². The third-order valence-corrected chi connectivity index (χ3v) is 3.41. The molecule has 0 spiro atoms. The third kappa shape index (κ3) is 4.50. The first-order valence-electron chi connectivity index (χ1n) is 6.79. The van der Waals surface area contributed by atoms with Gasteiger partial charge in [-0.3, -0.25) is 4.68 Å². The van der Waals surface area contributed by atoms with Crippen LogP contribution in [0.1, 0.15) is 46.4 Å². The number of nitrogens with one attached hydrogen (secondary N) is 1. The molecule has 0 bridgehead atoms. The number of rotatable bonds is 7. The van der Waals surface area contributed by atoms with Crippen LogP contribution in [0.15, 0.2) is 12.3 Å². The predicted octanol–water partition coefficient (Wildman–Crippen LogP) is 2.89. The van der Waals surface area contributed by atoms with E-state index in [0.29, 0.717) is 17.9 Å². The fraction of sp³-hybridized carbons (Fsp3) is 0.786. The maximum atomic E-state index is 4.61. The molecule has 0 aliphatic rings. The van der Waals surface area contributed by atoms with E-state index in [9.17, 15) is 0 Å². The predicted molar refractivity (Wildman–Crippen MR) is 73.2 cm³/mol. The number of nitrogens with zero attached hydrogens (tertiary/aromatic N) is 2. The minimum absolute atomic E-state index is 0.457. The molecule has 0 aliphatic carbocycles. The average Bonchev–Trinajstić information content (AvgIpc) is 2.74. The molecule has 98 valence electrons. The standard InChI is InChI=1S/C14H27N3/c1-6-15-10-13(5)12(4)9-14-7-8-17(16-14)11(2)3/h7-8,11-13,15H,6,9-10H2,1-5H3. The van der Waals surface area contributed by atoms with E-state index in [2.05, 4.69) is 57.3 Å². The highest BCUT2D eigenvalue weighted by atomic mass is 15.3. The van der Waals surface area contributed by atoms with Crippen LogP contribution < -0.4 is 5.32 Å². The maximum absolute atomic E-state index is 4.61. The number of hydrogen-bond donors (Lipinski definition) is 1. The molecule has 0 aromatic carbocycles. The number of hydrogen-bond acceptors (Lipinski definition) is 2. The van der Waals surface area contributed by atoms with Gasteiger partial charge in [0, 0.05) is 12.2 Å². The number of aromatic nitrogens is 2. The largest absolute Gasteiger partial charge is 0.317 e. The highest BCUT2D eigenvalue weighted by molar-refractivity contribution is 5.01. The molecule has 0 radical (unpaired) electrons. The van der Waals surface area contributed by atoms with E-state index in [0.717, 1.165) is 19.5 Å². The monoisotopic (exact) mass is 237 g/mol. The summed E-state index contributed by atoms with van der Waals surface area (Å²) < 4.78 is 2.04. The Balaban J connectivity index is 2.46. The molecule has 0 aliphatic heterocycles. The first-order valence-corrected chi connectivity index (χ1v) is 6.79. The van der Waals surface area contributed by atoms with Crippen molar-refractivity contribution in [2.75, 3.05) is 13.1 Å². The Morgan fingerprint density at radius 1 is 1.24 bits per heavy atom. The van der Waals surface area contributed by atoms with Gasteiger partial charge in [-0.15, -0.1) is 0 Å². The molecule has 0 fully saturated rings. The molecule has 1 rings (SSSR count). The van der Waals surface area contributed by atoms with E-state index in [1.807, 2.05) is 4.68 Å². The van der Waals surface area contributed by atoms with Crippen molar-refractivity contribution in [1.82, 2.24) is 15.1 Å². The summed E-state index contributed by atoms with van der Waals surface area (Å²) in [5.41, 5.74) is 1.22. The van der Waals surface area contributed by atoms with Crippen LogP contribution in [-0.4, -0.2) is 22.9 Å². The Kier molecular flexibility index (Phi) is 5.69. The molecular weight excluding hydrogens is 210 g/mol. The zero-order valence-corrected chi connectivity index (χ0v) is 11.9. The van der Waals surface area contributed by atoms with Crippen molar-refractivity contribution in [2.24, 2.45) is 11.8 Å². The Morgan fingerprint density at radius 2 is 1.94 bits per heavy atom. The van der Waals surface area contributed by atoms with Gasteiger partial charge in [-0.05, 0) is 51.3 Å². The second kappa shape index (κ2) is 6.80. The molecular formula is C14H27N3. The first-order chi connectivity index (χ1) is 8.04. The van der Waals surface area contributed by atoms with Gasteiger partial charge in [-0.25, -0.2) is 0 Å². The van der Waals surface area contributed by atoms with Crippen LogP contribution in [-0.2, 0) is 6.42 Å². The summed E-state index contributed by atoms with van der Waals surface area (Å²) in [7, 11) is 0. The third-order valence-electron chi connectivity index (χ3n) is 3.41. The van der Waals surface area contributed by atoms with Crippen molar-refractivity contribution in [2.45, 2.75) is 47.1 Å². The molecule has 1 aromatic heterocycles. The highest BCUT2D eigenvalue weighted by Crippen LogP contribution is 2.16. The summed E-state index contributed by atoms with van der Waals surface area (Å²) in [6.07, 6.45) is 3.16. The van der Waals surface area contributed by atoms with Gasteiger partial charge in [0.15, 0.2) is 0 Å². The summed E-state index contributed by atoms with van der Waals surface area (Å²) >= 11 is 0. The molecule has 2 atom stereocenters. The van der Waals surface area contributed by atoms with Gasteiger partial charge >= 0.3 is 0 Å². The molecule has 17 heavy (non-hydrogen) atoms. The summed E-state index contributed by atoms with van der Waals surface area (Å²) in [5, 5.41) is 8.02. The molecule has 1 heterocycles. The van der Waals surface area contributed by atoms with Crippen LogP contribution in [0.3, 0.4) is 0 Å². The van der Waals surface area contributed by atoms with Gasteiger partial charge in [0.05, 0.1) is 5.69 Å². The summed E-state index contributed by atoms with van der Waals surface area (Å²) in [5.74, 6) is 1.36. The van der Waals surface area contributed by atoms with Crippen LogP contribution in [0, 0.1) is 11.8 Å². The smallest absolute Gasteiger partial charge is 0.0627 e. The Bertz CT molecular complexity index is 317. The quantitative estimate of drug-likeness (QED) is 0.790. The Hall–Kier alpha value is -0.830. The Morgan fingerprint density at radius 3 is 2.47 bits per heavy atom. The molecule has 0 amide bonds. The van der Waals surface area contributed by atoms with Gasteiger partial charge in [-0.2, -0.15) is 5.10 Å². The second-order valence-electron chi connectivity index (χ2n) is 5.35. The van der Waals surface area contributed by atoms with Crippen LogP contribution in [0.5, 0.6) is 0 Å². The summed E-state index contributed by atoms with van der Waals surface area (Å²) in [4.78, 5) is 0. The zero-order chi connectivity index (χ0) is 12.8. The fourth-order valence-corrected chi connectivity index (χ4v) is 1.88. The fourth-order valence-electron chi connectivity index (χ4n) is 1.88. The maximum Gasteiger partial charge on any atom is 0.0627 e. The topological polar surface area (TPSA) is 29.9 Å².